The zero-order valence-corrected chi connectivity index (χ0v) is 14.0. The first-order chi connectivity index (χ1) is 12.1. The fraction of sp³-hybridized carbons (Fsp3) is 0.300. The van der Waals surface area contributed by atoms with Crippen LogP contribution < -0.4 is 4.90 Å². The number of fused-ring (bicyclic) bond motifs is 1. The van der Waals surface area contributed by atoms with Crippen LogP contribution in [0.1, 0.15) is 22.3 Å². The Kier molecular flexibility index (Phi) is 3.92. The van der Waals surface area contributed by atoms with E-state index >= 15 is 0 Å². The first-order valence-corrected chi connectivity index (χ1v) is 8.36. The predicted molar refractivity (Wildman–Crippen MR) is 93.3 cm³/mol. The summed E-state index contributed by atoms with van der Waals surface area (Å²) in [6.07, 6.45) is 0.482. The molecule has 0 atom stereocenters. The highest BCUT2D eigenvalue weighted by atomic mass is 16.5. The highest BCUT2D eigenvalue weighted by Crippen LogP contribution is 2.31. The molecular weight excluding hydrogens is 318 g/mol. The third kappa shape index (κ3) is 2.97. The molecule has 1 saturated heterocycles. The van der Waals surface area contributed by atoms with Gasteiger partial charge >= 0.3 is 11.9 Å². The van der Waals surface area contributed by atoms with E-state index in [4.69, 9.17) is 9.47 Å². The quantitative estimate of drug-likeness (QED) is 0.803. The van der Waals surface area contributed by atoms with Gasteiger partial charge in [-0.3, -0.25) is 4.79 Å². The van der Waals surface area contributed by atoms with E-state index in [9.17, 15) is 9.59 Å². The minimum Gasteiger partial charge on any atom is -0.469 e. The fourth-order valence-electron chi connectivity index (χ4n) is 3.39. The summed E-state index contributed by atoms with van der Waals surface area (Å²) in [6.45, 7) is 2.12. The number of methoxy groups -OCH3 is 1. The lowest BCUT2D eigenvalue weighted by Crippen LogP contribution is -2.47. The van der Waals surface area contributed by atoms with E-state index in [2.05, 4.69) is 29.2 Å². The molecule has 0 aliphatic carbocycles. The summed E-state index contributed by atoms with van der Waals surface area (Å²) >= 11 is 0. The van der Waals surface area contributed by atoms with Gasteiger partial charge in [0, 0.05) is 30.3 Å². The average molecular weight is 337 g/mol. The third-order valence-corrected chi connectivity index (χ3v) is 4.89. The van der Waals surface area contributed by atoms with Crippen LogP contribution in [0.4, 0.5) is 5.69 Å². The molecule has 4 rings (SSSR count). The Balaban J connectivity index is 1.44. The van der Waals surface area contributed by atoms with Crippen LogP contribution in [0.3, 0.4) is 0 Å². The molecular formula is C20H19NO4. The topological polar surface area (TPSA) is 55.8 Å². The number of esters is 2. The van der Waals surface area contributed by atoms with Crippen molar-refractivity contribution in [3.05, 3.63) is 53.6 Å². The number of carbonyl (C=O) groups is 2. The van der Waals surface area contributed by atoms with E-state index in [1.807, 2.05) is 18.2 Å². The van der Waals surface area contributed by atoms with Crippen LogP contribution in [0, 0.1) is 5.92 Å². The number of benzene rings is 2. The van der Waals surface area contributed by atoms with E-state index < -0.39 is 0 Å². The van der Waals surface area contributed by atoms with Crippen LogP contribution in [0.2, 0.25) is 0 Å². The molecule has 2 aromatic carbocycles. The lowest BCUT2D eigenvalue weighted by atomic mass is 9.95. The number of nitrogens with zero attached hydrogens (tertiary/aromatic N) is 1. The highest BCUT2D eigenvalue weighted by molar-refractivity contribution is 5.94. The maximum atomic E-state index is 11.7. The summed E-state index contributed by atoms with van der Waals surface area (Å²) in [6, 6.07) is 14.2. The van der Waals surface area contributed by atoms with E-state index in [1.54, 1.807) is 0 Å². The number of anilines is 1. The van der Waals surface area contributed by atoms with E-state index in [0.29, 0.717) is 24.5 Å². The first-order valence-electron chi connectivity index (χ1n) is 8.36. The number of hydrogen-bond acceptors (Lipinski definition) is 5. The molecule has 0 spiro atoms. The van der Waals surface area contributed by atoms with Crippen LogP contribution in [0.25, 0.3) is 11.1 Å². The third-order valence-electron chi connectivity index (χ3n) is 4.89. The molecule has 2 aromatic rings. The van der Waals surface area contributed by atoms with Crippen molar-refractivity contribution in [1.82, 2.24) is 0 Å². The van der Waals surface area contributed by atoms with Crippen molar-refractivity contribution >= 4 is 17.6 Å². The van der Waals surface area contributed by atoms with Gasteiger partial charge < -0.3 is 14.4 Å². The van der Waals surface area contributed by atoms with Crippen LogP contribution in [-0.2, 0) is 20.9 Å². The van der Waals surface area contributed by atoms with Crippen LogP contribution >= 0.6 is 0 Å². The van der Waals surface area contributed by atoms with Gasteiger partial charge in [-0.05, 0) is 29.3 Å². The van der Waals surface area contributed by atoms with Crippen molar-refractivity contribution in [3.8, 4) is 11.1 Å². The van der Waals surface area contributed by atoms with Gasteiger partial charge in [-0.25, -0.2) is 4.79 Å². The molecule has 128 valence electrons. The summed E-state index contributed by atoms with van der Waals surface area (Å²) in [4.78, 5) is 25.2. The summed E-state index contributed by atoms with van der Waals surface area (Å²) in [5.41, 5.74) is 4.83. The van der Waals surface area contributed by atoms with Crippen LogP contribution in [0.5, 0.6) is 0 Å². The summed E-state index contributed by atoms with van der Waals surface area (Å²) in [7, 11) is 1.43. The number of ether oxygens (including phenoxy) is 2. The molecule has 0 amide bonds. The van der Waals surface area contributed by atoms with Gasteiger partial charge in [-0.15, -0.1) is 0 Å². The van der Waals surface area contributed by atoms with E-state index in [-0.39, 0.29) is 11.9 Å². The molecule has 0 aromatic heterocycles. The molecule has 2 heterocycles. The van der Waals surface area contributed by atoms with Gasteiger partial charge in [0.25, 0.3) is 0 Å². The smallest absolute Gasteiger partial charge is 0.338 e. The molecule has 25 heavy (non-hydrogen) atoms. The van der Waals surface area contributed by atoms with Gasteiger partial charge in [0.1, 0.15) is 6.61 Å². The van der Waals surface area contributed by atoms with Crippen molar-refractivity contribution in [2.24, 2.45) is 5.92 Å². The molecule has 2 aliphatic heterocycles. The molecule has 5 nitrogen and oxygen atoms in total. The molecule has 0 unspecified atom stereocenters. The Morgan fingerprint density at radius 3 is 2.60 bits per heavy atom. The maximum Gasteiger partial charge on any atom is 0.338 e. The lowest BCUT2D eigenvalue weighted by molar-refractivity contribution is -0.141. The number of carbonyl (C=O) groups excluding carboxylic acids is 2. The average Bonchev–Trinajstić information content (AvgIpc) is 2.98. The largest absolute Gasteiger partial charge is 0.469 e. The van der Waals surface area contributed by atoms with Crippen molar-refractivity contribution in [1.29, 1.82) is 0 Å². The summed E-state index contributed by atoms with van der Waals surface area (Å²) in [5.74, 6) is -0.0179. The van der Waals surface area contributed by atoms with Gasteiger partial charge in [0.15, 0.2) is 0 Å². The molecule has 0 N–H and O–H groups in total. The van der Waals surface area contributed by atoms with Crippen LogP contribution in [0.15, 0.2) is 42.5 Å². The van der Waals surface area contributed by atoms with Crippen molar-refractivity contribution in [2.75, 3.05) is 25.1 Å². The molecule has 0 saturated carbocycles. The standard InChI is InChI=1S/C20H19NO4/c1-24-19(22)8-13-10-21(11-13)17-6-4-14(5-7-17)15-2-3-16-12-25-20(23)18(16)9-15/h2-7,9,13H,8,10-12H2,1H3. The Bertz CT molecular complexity index is 822. The predicted octanol–water partition coefficient (Wildman–Crippen LogP) is 3.02. The molecule has 0 bridgehead atoms. The van der Waals surface area contributed by atoms with Crippen molar-refractivity contribution in [3.63, 3.8) is 0 Å². The monoisotopic (exact) mass is 337 g/mol. The molecule has 0 radical (unpaired) electrons. The second-order valence-corrected chi connectivity index (χ2v) is 6.55. The van der Waals surface area contributed by atoms with Crippen LogP contribution in [-0.4, -0.2) is 32.1 Å². The van der Waals surface area contributed by atoms with Gasteiger partial charge in [-0.2, -0.15) is 0 Å². The SMILES string of the molecule is COC(=O)CC1CN(c2ccc(-c3ccc4c(c3)C(=O)OC4)cc2)C1. The second kappa shape index (κ2) is 6.24. The zero-order valence-electron chi connectivity index (χ0n) is 14.0. The van der Waals surface area contributed by atoms with E-state index in [0.717, 1.165) is 35.5 Å². The zero-order chi connectivity index (χ0) is 17.4. The summed E-state index contributed by atoms with van der Waals surface area (Å²) < 4.78 is 9.77. The Labute approximate surface area is 146 Å². The van der Waals surface area contributed by atoms with Crippen molar-refractivity contribution < 1.29 is 19.1 Å². The number of hydrogen-bond donors (Lipinski definition) is 0. The van der Waals surface area contributed by atoms with E-state index in [1.165, 1.54) is 7.11 Å². The highest BCUT2D eigenvalue weighted by Gasteiger charge is 2.29. The lowest BCUT2D eigenvalue weighted by Gasteiger charge is -2.40. The molecule has 1 fully saturated rings. The number of rotatable bonds is 4. The first kappa shape index (κ1) is 15.7. The molecule has 2 aliphatic rings. The summed E-state index contributed by atoms with van der Waals surface area (Å²) in [5, 5.41) is 0. The Hall–Kier alpha value is -2.82. The van der Waals surface area contributed by atoms with Gasteiger partial charge in [0.2, 0.25) is 0 Å². The van der Waals surface area contributed by atoms with Gasteiger partial charge in [0.05, 0.1) is 19.1 Å². The normalized spacial score (nSPS) is 16.2. The van der Waals surface area contributed by atoms with Crippen molar-refractivity contribution in [2.45, 2.75) is 13.0 Å². The maximum absolute atomic E-state index is 11.7. The molecule has 5 heteroatoms. The minimum atomic E-state index is -0.245. The van der Waals surface area contributed by atoms with Gasteiger partial charge in [-0.1, -0.05) is 24.3 Å². The Morgan fingerprint density at radius 1 is 1.16 bits per heavy atom. The second-order valence-electron chi connectivity index (χ2n) is 6.55. The Morgan fingerprint density at radius 2 is 1.88 bits per heavy atom. The number of cyclic esters (lactones) is 1. The minimum absolute atomic E-state index is 0.143. The fourth-order valence-corrected chi connectivity index (χ4v) is 3.39.